The van der Waals surface area contributed by atoms with Crippen LogP contribution in [-0.4, -0.2) is 63.1 Å². The third-order valence-corrected chi connectivity index (χ3v) is 29.2. The summed E-state index contributed by atoms with van der Waals surface area (Å²) >= 11 is 1.87. The third-order valence-electron chi connectivity index (χ3n) is 28.0. The van der Waals surface area contributed by atoms with Crippen molar-refractivity contribution < 1.29 is 0 Å². The fourth-order valence-electron chi connectivity index (χ4n) is 20.8. The number of thiophene rings is 1. The Labute approximate surface area is 849 Å². The van der Waals surface area contributed by atoms with Crippen molar-refractivity contribution in [3.05, 3.63) is 516 Å². The first-order valence-electron chi connectivity index (χ1n) is 49.3. The van der Waals surface area contributed by atoms with Crippen LogP contribution in [0.25, 0.3) is 266 Å². The molecule has 13 nitrogen and oxygen atoms in total. The second-order valence-electron chi connectivity index (χ2n) is 36.7. The van der Waals surface area contributed by atoms with Crippen molar-refractivity contribution in [1.82, 2.24) is 63.1 Å². The van der Waals surface area contributed by atoms with Gasteiger partial charge in [-0.05, 0) is 152 Å². The minimum absolute atomic E-state index is 0.580. The van der Waals surface area contributed by atoms with Crippen molar-refractivity contribution in [1.29, 1.82) is 0 Å². The summed E-state index contributed by atoms with van der Waals surface area (Å²) in [4.78, 5) is 45.4. The molecule has 0 aliphatic carbocycles. The first-order chi connectivity index (χ1) is 72.9. The molecule has 0 N–H and O–H groups in total. The molecule has 0 saturated carbocycles. The highest BCUT2D eigenvalue weighted by Crippen LogP contribution is 2.45. The molecule has 0 aliphatic rings. The average Bonchev–Trinajstić information content (AvgIpc) is 1.58. The van der Waals surface area contributed by atoms with Gasteiger partial charge in [-0.2, -0.15) is 19.9 Å². The first kappa shape index (κ1) is 86.4. The number of hydrogen-bond donors (Lipinski definition) is 0. The fourth-order valence-corrected chi connectivity index (χ4v) is 22.1. The minimum Gasteiger partial charge on any atom is -0.309 e. The number of benzene rings is 21. The van der Waals surface area contributed by atoms with E-state index in [4.69, 9.17) is 44.9 Å². The van der Waals surface area contributed by atoms with Crippen LogP contribution in [0.3, 0.4) is 0 Å². The predicted molar refractivity (Wildman–Crippen MR) is 607 cm³/mol. The van der Waals surface area contributed by atoms with Crippen LogP contribution in [0.5, 0.6) is 0 Å². The van der Waals surface area contributed by atoms with Gasteiger partial charge in [0.25, 0.3) is 0 Å². The summed E-state index contributed by atoms with van der Waals surface area (Å²) in [6.45, 7) is 0. The van der Waals surface area contributed by atoms with Crippen LogP contribution in [-0.2, 0) is 0 Å². The zero-order chi connectivity index (χ0) is 97.2. The molecule has 14 heteroatoms. The molecule has 0 radical (unpaired) electrons. The first-order valence-corrected chi connectivity index (χ1v) is 50.1. The molecule has 0 bridgehead atoms. The normalized spacial score (nSPS) is 11.5. The standard InChI is InChI=1S/C51H32N4S.C45H29N5.C37H24N4/c1-3-12-33(13-4-1)34-22-24-36(25-23-34)50-52-49(35-14-5-2-6-15-35)53-51(54-50)37-26-29-39(30-27-37)55-45-20-9-7-16-41(45)42-31-28-38(32-46(42)55)40-18-11-19-44-43-17-8-10-21-47(43)56-48(40)44;1-3-13-30(14-4-1)31-23-25-33(26-24-31)44-46-43(32-15-5-2-6-16-32)47-45(48-44)50-41-22-12-9-19-37(41)38-29-34(27-28-42(38)50)49-39-20-10-7-17-35(39)36-18-8-11-21-40(36)49;1-2-11-27(12-3-1)35-38-36(28-21-18-26(19-22-28)30-23-20-25-10-4-5-13-29(25)24-30)40-37(39-35)41-33-16-8-6-14-31(33)32-15-7-9-17-34(32)41/h1-32H;1-29H;1-24H. The van der Waals surface area contributed by atoms with Gasteiger partial charge in [0.1, 0.15) is 0 Å². The molecule has 29 aromatic rings. The highest BCUT2D eigenvalue weighted by Gasteiger charge is 2.25. The summed E-state index contributed by atoms with van der Waals surface area (Å²) in [6, 6.07) is 181. The number of nitrogens with zero attached hydrogens (tertiary/aromatic N) is 13. The summed E-state index contributed by atoms with van der Waals surface area (Å²) in [7, 11) is 0. The smallest absolute Gasteiger partial charge is 0.238 e. The second kappa shape index (κ2) is 37.1. The molecule has 8 heterocycles. The van der Waals surface area contributed by atoms with Crippen LogP contribution in [0, 0.1) is 0 Å². The summed E-state index contributed by atoms with van der Waals surface area (Å²) in [5.74, 6) is 5.64. The van der Waals surface area contributed by atoms with Gasteiger partial charge in [0, 0.05) is 114 Å². The maximum Gasteiger partial charge on any atom is 0.238 e. The van der Waals surface area contributed by atoms with Crippen molar-refractivity contribution in [2.45, 2.75) is 0 Å². The molecule has 0 aliphatic heterocycles. The number of fused-ring (bicyclic) bond motifs is 16. The zero-order valence-electron chi connectivity index (χ0n) is 79.3. The van der Waals surface area contributed by atoms with E-state index in [1.807, 2.05) is 114 Å². The summed E-state index contributed by atoms with van der Waals surface area (Å²) in [6.07, 6.45) is 0. The van der Waals surface area contributed by atoms with Crippen molar-refractivity contribution in [2.24, 2.45) is 0 Å². The molecule has 0 unspecified atom stereocenters. The van der Waals surface area contributed by atoms with Gasteiger partial charge in [0.2, 0.25) is 11.9 Å². The Morgan fingerprint density at radius 2 is 0.422 bits per heavy atom. The van der Waals surface area contributed by atoms with Crippen LogP contribution in [0.1, 0.15) is 0 Å². The van der Waals surface area contributed by atoms with E-state index in [0.717, 1.165) is 99.8 Å². The topological polar surface area (TPSA) is 136 Å². The van der Waals surface area contributed by atoms with E-state index >= 15 is 0 Å². The van der Waals surface area contributed by atoms with E-state index in [1.54, 1.807) is 0 Å². The summed E-state index contributed by atoms with van der Waals surface area (Å²) < 4.78 is 11.7. The van der Waals surface area contributed by atoms with E-state index in [1.165, 1.54) is 113 Å². The predicted octanol–water partition coefficient (Wildman–Crippen LogP) is 33.9. The molecule has 147 heavy (non-hydrogen) atoms. The lowest BCUT2D eigenvalue weighted by Crippen LogP contribution is -2.06. The van der Waals surface area contributed by atoms with Crippen molar-refractivity contribution in [2.75, 3.05) is 0 Å². The molecule has 0 atom stereocenters. The third kappa shape index (κ3) is 16.0. The molecule has 0 saturated heterocycles. The van der Waals surface area contributed by atoms with Gasteiger partial charge < -0.3 is 9.13 Å². The van der Waals surface area contributed by atoms with E-state index in [0.29, 0.717) is 52.7 Å². The van der Waals surface area contributed by atoms with Crippen LogP contribution in [0.4, 0.5) is 0 Å². The van der Waals surface area contributed by atoms with E-state index < -0.39 is 0 Å². The lowest BCUT2D eigenvalue weighted by Gasteiger charge is -2.12. The molecule has 8 aromatic heterocycles. The summed E-state index contributed by atoms with van der Waals surface area (Å²) in [5, 5.41) is 14.7. The Morgan fingerprint density at radius 1 is 0.143 bits per heavy atom. The zero-order valence-corrected chi connectivity index (χ0v) is 80.1. The molecule has 688 valence electrons. The van der Waals surface area contributed by atoms with Gasteiger partial charge in [0.05, 0.1) is 44.1 Å². The molecule has 0 fully saturated rings. The van der Waals surface area contributed by atoms with Crippen LogP contribution in [0.15, 0.2) is 516 Å². The second-order valence-corrected chi connectivity index (χ2v) is 37.8. The van der Waals surface area contributed by atoms with E-state index in [9.17, 15) is 0 Å². The Balaban J connectivity index is 0.000000110. The van der Waals surface area contributed by atoms with Crippen molar-refractivity contribution in [3.8, 4) is 147 Å². The lowest BCUT2D eigenvalue weighted by atomic mass is 10.0. The highest BCUT2D eigenvalue weighted by atomic mass is 32.1. The fraction of sp³-hybridized carbons (Fsp3) is 0. The lowest BCUT2D eigenvalue weighted by molar-refractivity contribution is 0.953. The van der Waals surface area contributed by atoms with Gasteiger partial charge in [-0.25, -0.2) is 24.9 Å². The maximum absolute atomic E-state index is 5.16. The van der Waals surface area contributed by atoms with Crippen LogP contribution in [0.2, 0.25) is 0 Å². The minimum atomic E-state index is 0.580. The maximum atomic E-state index is 5.16. The molecule has 29 rings (SSSR count). The number of hydrogen-bond acceptors (Lipinski definition) is 10. The average molecular weight is 1900 g/mol. The Kier molecular flexibility index (Phi) is 21.8. The Morgan fingerprint density at radius 3 is 0.850 bits per heavy atom. The molecular formula is C133H85N13S. The molecular weight excluding hydrogens is 1810 g/mol. The summed E-state index contributed by atoms with van der Waals surface area (Å²) in [5.41, 5.74) is 27.1. The van der Waals surface area contributed by atoms with Crippen molar-refractivity contribution >= 4 is 130 Å². The highest BCUT2D eigenvalue weighted by molar-refractivity contribution is 7.26. The quantitative estimate of drug-likeness (QED) is 0.0983. The SMILES string of the molecule is c1ccc(-c2ccc(-c3nc(-c4ccccc4)nc(-c4ccc(-n5c6ccccc6c6ccc(-c7cccc8c7sc7ccccc78)cc65)cc4)n3)cc2)cc1.c1ccc(-c2ccc(-c3nc(-c4ccccc4)nc(-n4c5ccccc5c5cc(-n6c7ccccc7c7ccccc76)ccc54)n3)cc2)cc1.c1ccc(-c2nc(-c3ccc(-c4ccc5ccccc5c4)cc3)nc(-n3c4ccccc4c4ccccc43)n2)cc1. The van der Waals surface area contributed by atoms with Gasteiger partial charge in [-0.3, -0.25) is 9.13 Å². The van der Waals surface area contributed by atoms with E-state index in [-0.39, 0.29) is 0 Å². The monoisotopic (exact) mass is 1900 g/mol. The molecule has 0 spiro atoms. The Hall–Kier alpha value is -19.7. The van der Waals surface area contributed by atoms with Crippen LogP contribution >= 0.6 is 11.3 Å². The molecule has 0 amide bonds. The van der Waals surface area contributed by atoms with E-state index in [2.05, 4.69) is 431 Å². The van der Waals surface area contributed by atoms with Crippen LogP contribution < -0.4 is 0 Å². The number of aromatic nitrogens is 13. The number of rotatable bonds is 15. The van der Waals surface area contributed by atoms with Gasteiger partial charge in [-0.15, -0.1) is 11.3 Å². The Bertz CT molecular complexity index is 9980. The molecule has 21 aromatic carbocycles. The number of para-hydroxylation sites is 6. The van der Waals surface area contributed by atoms with Gasteiger partial charge in [-0.1, -0.05) is 419 Å². The van der Waals surface area contributed by atoms with Gasteiger partial charge >= 0.3 is 0 Å². The van der Waals surface area contributed by atoms with Gasteiger partial charge in [0.15, 0.2) is 40.8 Å². The largest absolute Gasteiger partial charge is 0.309 e. The van der Waals surface area contributed by atoms with Crippen molar-refractivity contribution in [3.63, 3.8) is 0 Å².